The molecule has 0 amide bonds. The molecule has 0 heterocycles. The van der Waals surface area contributed by atoms with Gasteiger partial charge in [0.2, 0.25) is 0 Å². The molecule has 0 fully saturated rings. The highest BCUT2D eigenvalue weighted by atomic mass is 19.4. The van der Waals surface area contributed by atoms with E-state index >= 15 is 0 Å². The van der Waals surface area contributed by atoms with Gasteiger partial charge >= 0.3 is 6.18 Å². The van der Waals surface area contributed by atoms with E-state index in [4.69, 9.17) is 5.73 Å². The topological polar surface area (TPSA) is 29.3 Å². The smallest absolute Gasteiger partial charge is 0.323 e. The first-order chi connectivity index (χ1) is 8.29. The Hall–Kier alpha value is -1.14. The fourth-order valence-electron chi connectivity index (χ4n) is 1.62. The molecule has 2 N–H and O–H groups in total. The van der Waals surface area contributed by atoms with Gasteiger partial charge in [0.1, 0.15) is 5.82 Å². The van der Waals surface area contributed by atoms with E-state index in [0.717, 1.165) is 0 Å². The maximum atomic E-state index is 13.4. The number of nitrogens with zero attached hydrogens (tertiary/aromatic N) is 1. The number of nitrogens with two attached hydrogens (primary N) is 1. The Morgan fingerprint density at radius 2 is 1.89 bits per heavy atom. The summed E-state index contributed by atoms with van der Waals surface area (Å²) in [4.78, 5) is 1.45. The van der Waals surface area contributed by atoms with Crippen molar-refractivity contribution in [2.75, 3.05) is 20.1 Å². The number of halogens is 4. The van der Waals surface area contributed by atoms with E-state index in [1.54, 1.807) is 12.1 Å². The first-order valence-electron chi connectivity index (χ1n) is 5.55. The largest absolute Gasteiger partial charge is 0.390 e. The van der Waals surface area contributed by atoms with Crippen LogP contribution in [0.1, 0.15) is 18.0 Å². The van der Waals surface area contributed by atoms with Gasteiger partial charge in [0.25, 0.3) is 0 Å². The number of rotatable bonds is 5. The zero-order valence-electron chi connectivity index (χ0n) is 10.0. The number of benzene rings is 1. The van der Waals surface area contributed by atoms with Crippen molar-refractivity contribution in [2.45, 2.75) is 18.6 Å². The van der Waals surface area contributed by atoms with Gasteiger partial charge in [-0.1, -0.05) is 18.2 Å². The monoisotopic (exact) mass is 264 g/mol. The summed E-state index contributed by atoms with van der Waals surface area (Å²) in [5.74, 6) is -0.436. The van der Waals surface area contributed by atoms with Crippen LogP contribution in [0.15, 0.2) is 24.3 Å². The molecule has 18 heavy (non-hydrogen) atoms. The molecule has 0 bridgehead atoms. The van der Waals surface area contributed by atoms with Crippen LogP contribution in [-0.2, 0) is 0 Å². The van der Waals surface area contributed by atoms with Crippen molar-refractivity contribution in [3.63, 3.8) is 0 Å². The van der Waals surface area contributed by atoms with Crippen LogP contribution in [0.2, 0.25) is 0 Å². The van der Waals surface area contributed by atoms with Crippen LogP contribution >= 0.6 is 0 Å². The van der Waals surface area contributed by atoms with Crippen molar-refractivity contribution in [1.29, 1.82) is 0 Å². The number of alkyl halides is 3. The summed E-state index contributed by atoms with van der Waals surface area (Å²) in [7, 11) is 1.53. The molecule has 1 aromatic rings. The van der Waals surface area contributed by atoms with Crippen LogP contribution in [-0.4, -0.2) is 31.2 Å². The highest BCUT2D eigenvalue weighted by Gasteiger charge is 2.27. The lowest BCUT2D eigenvalue weighted by Crippen LogP contribution is -2.32. The first-order valence-corrected chi connectivity index (χ1v) is 5.55. The normalized spacial score (nSPS) is 13.9. The van der Waals surface area contributed by atoms with Crippen LogP contribution in [0, 0.1) is 5.82 Å². The summed E-state index contributed by atoms with van der Waals surface area (Å²) in [6.07, 6.45) is -5.08. The zero-order valence-corrected chi connectivity index (χ0v) is 10.0. The Labute approximate surface area is 103 Å². The highest BCUT2D eigenvalue weighted by molar-refractivity contribution is 5.21. The van der Waals surface area contributed by atoms with Gasteiger partial charge in [-0.25, -0.2) is 4.39 Å². The van der Waals surface area contributed by atoms with E-state index in [1.807, 2.05) is 0 Å². The SMILES string of the molecule is CN(CCC(F)(F)F)CC(N)c1ccccc1F. The molecule has 0 aliphatic heterocycles. The maximum absolute atomic E-state index is 13.4. The average molecular weight is 264 g/mol. The van der Waals surface area contributed by atoms with Crippen LogP contribution in [0.5, 0.6) is 0 Å². The minimum Gasteiger partial charge on any atom is -0.323 e. The van der Waals surface area contributed by atoms with E-state index in [0.29, 0.717) is 5.56 Å². The lowest BCUT2D eigenvalue weighted by molar-refractivity contribution is -0.137. The summed E-state index contributed by atoms with van der Waals surface area (Å²) in [5, 5.41) is 0. The Balaban J connectivity index is 2.50. The molecule has 0 radical (unpaired) electrons. The van der Waals surface area contributed by atoms with Gasteiger partial charge in [-0.05, 0) is 13.1 Å². The number of likely N-dealkylation sites (N-methyl/N-ethyl adjacent to an activating group) is 1. The summed E-state index contributed by atoms with van der Waals surface area (Å²) in [6.45, 7) is 0.0304. The van der Waals surface area contributed by atoms with Crippen LogP contribution in [0.4, 0.5) is 17.6 Å². The maximum Gasteiger partial charge on any atom is 0.390 e. The minimum atomic E-state index is -4.18. The molecule has 1 rings (SSSR count). The third kappa shape index (κ3) is 5.01. The van der Waals surface area contributed by atoms with Crippen LogP contribution in [0.3, 0.4) is 0 Å². The standard InChI is InChI=1S/C12H16F4N2/c1-18(7-6-12(14,15)16)8-11(17)9-4-2-3-5-10(9)13/h2-5,11H,6-8,17H2,1H3. The fraction of sp³-hybridized carbons (Fsp3) is 0.500. The van der Waals surface area contributed by atoms with Crippen molar-refractivity contribution >= 4 is 0 Å². The Kier molecular flexibility index (Phi) is 5.10. The molecule has 0 aliphatic carbocycles. The lowest BCUT2D eigenvalue weighted by Gasteiger charge is -2.22. The van der Waals surface area contributed by atoms with Gasteiger partial charge in [0.05, 0.1) is 6.42 Å². The highest BCUT2D eigenvalue weighted by Crippen LogP contribution is 2.20. The molecule has 102 valence electrons. The molecule has 1 aromatic carbocycles. The summed E-state index contributed by atoms with van der Waals surface area (Å²) in [5.41, 5.74) is 6.09. The minimum absolute atomic E-state index is 0.147. The van der Waals surface area contributed by atoms with E-state index < -0.39 is 24.5 Å². The van der Waals surface area contributed by atoms with Crippen molar-refractivity contribution in [2.24, 2.45) is 5.73 Å². The molecule has 1 unspecified atom stereocenters. The molecule has 6 heteroatoms. The molecular weight excluding hydrogens is 248 g/mol. The Bertz CT molecular complexity index is 379. The number of hydrogen-bond acceptors (Lipinski definition) is 2. The average Bonchev–Trinajstić information content (AvgIpc) is 2.26. The van der Waals surface area contributed by atoms with Gasteiger partial charge in [0.15, 0.2) is 0 Å². The summed E-state index contributed by atoms with van der Waals surface area (Å²) >= 11 is 0. The second kappa shape index (κ2) is 6.15. The molecule has 2 nitrogen and oxygen atoms in total. The van der Waals surface area contributed by atoms with Crippen LogP contribution < -0.4 is 5.73 Å². The Morgan fingerprint density at radius 3 is 2.44 bits per heavy atom. The first kappa shape index (κ1) is 14.9. The molecule has 0 aromatic heterocycles. The molecular formula is C12H16F4N2. The van der Waals surface area contributed by atoms with Gasteiger partial charge in [-0.15, -0.1) is 0 Å². The van der Waals surface area contributed by atoms with Gasteiger partial charge in [-0.3, -0.25) is 0 Å². The predicted molar refractivity (Wildman–Crippen MR) is 61.5 cm³/mol. The van der Waals surface area contributed by atoms with E-state index in [-0.39, 0.29) is 13.1 Å². The Morgan fingerprint density at radius 1 is 1.28 bits per heavy atom. The third-order valence-corrected chi connectivity index (χ3v) is 2.59. The number of hydrogen-bond donors (Lipinski definition) is 1. The second-order valence-electron chi connectivity index (χ2n) is 4.26. The van der Waals surface area contributed by atoms with E-state index in [2.05, 4.69) is 0 Å². The van der Waals surface area contributed by atoms with Crippen molar-refractivity contribution in [3.05, 3.63) is 35.6 Å². The molecule has 0 spiro atoms. The molecule has 0 saturated heterocycles. The quantitative estimate of drug-likeness (QED) is 0.828. The molecule has 0 saturated carbocycles. The van der Waals surface area contributed by atoms with Gasteiger partial charge < -0.3 is 10.6 Å². The molecule has 0 aliphatic rings. The predicted octanol–water partition coefficient (Wildman–Crippen LogP) is 2.71. The van der Waals surface area contributed by atoms with Crippen molar-refractivity contribution in [3.8, 4) is 0 Å². The van der Waals surface area contributed by atoms with Crippen molar-refractivity contribution < 1.29 is 17.6 Å². The fourth-order valence-corrected chi connectivity index (χ4v) is 1.62. The van der Waals surface area contributed by atoms with E-state index in [9.17, 15) is 17.6 Å². The summed E-state index contributed by atoms with van der Waals surface area (Å²) in [6, 6.07) is 5.37. The van der Waals surface area contributed by atoms with Crippen LogP contribution in [0.25, 0.3) is 0 Å². The zero-order chi connectivity index (χ0) is 13.8. The van der Waals surface area contributed by atoms with Crippen molar-refractivity contribution in [1.82, 2.24) is 4.90 Å². The lowest BCUT2D eigenvalue weighted by atomic mass is 10.1. The second-order valence-corrected chi connectivity index (χ2v) is 4.26. The van der Waals surface area contributed by atoms with Gasteiger partial charge in [0, 0.05) is 24.7 Å². The molecule has 1 atom stereocenters. The van der Waals surface area contributed by atoms with E-state index in [1.165, 1.54) is 24.1 Å². The third-order valence-electron chi connectivity index (χ3n) is 2.59. The summed E-state index contributed by atoms with van der Waals surface area (Å²) < 4.78 is 49.5. The van der Waals surface area contributed by atoms with Gasteiger partial charge in [-0.2, -0.15) is 13.2 Å².